The van der Waals surface area contributed by atoms with Crippen LogP contribution in [0.3, 0.4) is 0 Å². The Bertz CT molecular complexity index is 537. The van der Waals surface area contributed by atoms with Crippen molar-refractivity contribution in [2.45, 2.75) is 34.1 Å². The fourth-order valence-electron chi connectivity index (χ4n) is 2.23. The molecule has 2 aromatic heterocycles. The first-order valence-corrected chi connectivity index (χ1v) is 6.72. The Kier molecular flexibility index (Phi) is 4.32. The molecular weight excluding hydrogens is 238 g/mol. The molecule has 0 unspecified atom stereocenters. The summed E-state index contributed by atoms with van der Waals surface area (Å²) in [6, 6.07) is 1.92. The van der Waals surface area contributed by atoms with Crippen LogP contribution < -0.4 is 5.32 Å². The van der Waals surface area contributed by atoms with Crippen molar-refractivity contribution in [3.05, 3.63) is 35.0 Å². The summed E-state index contributed by atoms with van der Waals surface area (Å²) in [4.78, 5) is 9.23. The van der Waals surface area contributed by atoms with Crippen LogP contribution in [-0.4, -0.2) is 23.1 Å². The zero-order valence-corrected chi connectivity index (χ0v) is 12.1. The number of furan rings is 1. The van der Waals surface area contributed by atoms with Crippen LogP contribution in [0.1, 0.15) is 29.6 Å². The monoisotopic (exact) mass is 259 g/mol. The highest BCUT2D eigenvalue weighted by Gasteiger charge is 2.12. The summed E-state index contributed by atoms with van der Waals surface area (Å²) in [6.45, 7) is 10.1. The van der Waals surface area contributed by atoms with Crippen molar-refractivity contribution < 1.29 is 4.42 Å². The zero-order chi connectivity index (χ0) is 13.8. The van der Waals surface area contributed by atoms with Crippen molar-refractivity contribution in [1.82, 2.24) is 15.3 Å². The molecule has 0 radical (unpaired) electrons. The number of hydrogen-bond acceptors (Lipinski definition) is 4. The summed E-state index contributed by atoms with van der Waals surface area (Å²) in [5.74, 6) is 1.62. The summed E-state index contributed by atoms with van der Waals surface area (Å²) < 4.78 is 5.32. The van der Waals surface area contributed by atoms with Gasteiger partial charge in [0.2, 0.25) is 0 Å². The number of hydrogen-bond donors (Lipinski definition) is 1. The third-order valence-electron chi connectivity index (χ3n) is 3.32. The van der Waals surface area contributed by atoms with Crippen LogP contribution in [0.5, 0.6) is 0 Å². The standard InChI is InChI=1S/C15H21N3O/c1-5-16-8-6-13-10(2)17-15(18-11(13)3)14-7-9-19-12(14)4/h7,9,16H,5-6,8H2,1-4H3. The Morgan fingerprint density at radius 2 is 1.84 bits per heavy atom. The molecule has 0 saturated heterocycles. The van der Waals surface area contributed by atoms with Crippen LogP contribution in [0, 0.1) is 20.8 Å². The molecule has 0 aliphatic carbocycles. The summed E-state index contributed by atoms with van der Waals surface area (Å²) in [6.07, 6.45) is 2.65. The molecule has 0 bridgehead atoms. The highest BCUT2D eigenvalue weighted by atomic mass is 16.3. The molecular formula is C15H21N3O. The van der Waals surface area contributed by atoms with Crippen molar-refractivity contribution in [3.8, 4) is 11.4 Å². The highest BCUT2D eigenvalue weighted by Crippen LogP contribution is 2.23. The van der Waals surface area contributed by atoms with E-state index in [-0.39, 0.29) is 0 Å². The predicted octanol–water partition coefficient (Wildman–Crippen LogP) is 2.81. The third-order valence-corrected chi connectivity index (χ3v) is 3.32. The average molecular weight is 259 g/mol. The lowest BCUT2D eigenvalue weighted by molar-refractivity contribution is 0.535. The van der Waals surface area contributed by atoms with Gasteiger partial charge >= 0.3 is 0 Å². The van der Waals surface area contributed by atoms with E-state index in [2.05, 4.69) is 36.1 Å². The lowest BCUT2D eigenvalue weighted by atomic mass is 10.1. The second kappa shape index (κ2) is 5.97. The molecule has 0 amide bonds. The molecule has 2 aromatic rings. The van der Waals surface area contributed by atoms with Crippen LogP contribution in [0.25, 0.3) is 11.4 Å². The molecule has 4 heteroatoms. The maximum absolute atomic E-state index is 5.32. The van der Waals surface area contributed by atoms with E-state index in [1.165, 1.54) is 5.56 Å². The van der Waals surface area contributed by atoms with Gasteiger partial charge in [0.05, 0.1) is 11.8 Å². The van der Waals surface area contributed by atoms with E-state index in [0.29, 0.717) is 0 Å². The largest absolute Gasteiger partial charge is 0.469 e. The van der Waals surface area contributed by atoms with Crippen LogP contribution >= 0.6 is 0 Å². The van der Waals surface area contributed by atoms with Crippen LogP contribution in [0.4, 0.5) is 0 Å². The van der Waals surface area contributed by atoms with Gasteiger partial charge in [-0.05, 0) is 51.9 Å². The number of likely N-dealkylation sites (N-methyl/N-ethyl adjacent to an activating group) is 1. The molecule has 4 nitrogen and oxygen atoms in total. The van der Waals surface area contributed by atoms with Crippen LogP contribution in [-0.2, 0) is 6.42 Å². The van der Waals surface area contributed by atoms with Gasteiger partial charge in [0.1, 0.15) is 5.76 Å². The van der Waals surface area contributed by atoms with Crippen molar-refractivity contribution in [3.63, 3.8) is 0 Å². The van der Waals surface area contributed by atoms with Gasteiger partial charge < -0.3 is 9.73 Å². The van der Waals surface area contributed by atoms with Gasteiger partial charge in [-0.2, -0.15) is 0 Å². The smallest absolute Gasteiger partial charge is 0.163 e. The first-order valence-electron chi connectivity index (χ1n) is 6.72. The number of aryl methyl sites for hydroxylation is 3. The predicted molar refractivity (Wildman–Crippen MR) is 76.2 cm³/mol. The van der Waals surface area contributed by atoms with E-state index >= 15 is 0 Å². The molecule has 0 aliphatic rings. The van der Waals surface area contributed by atoms with E-state index in [4.69, 9.17) is 4.42 Å². The Balaban J connectivity index is 2.29. The van der Waals surface area contributed by atoms with Crippen LogP contribution in [0.15, 0.2) is 16.7 Å². The van der Waals surface area contributed by atoms with Crippen molar-refractivity contribution in [2.75, 3.05) is 13.1 Å². The maximum atomic E-state index is 5.32. The van der Waals surface area contributed by atoms with E-state index in [1.807, 2.05) is 13.0 Å². The number of nitrogens with zero attached hydrogens (tertiary/aromatic N) is 2. The second-order valence-corrected chi connectivity index (χ2v) is 4.69. The van der Waals surface area contributed by atoms with Gasteiger partial charge in [-0.1, -0.05) is 6.92 Å². The first-order chi connectivity index (χ1) is 9.13. The first kappa shape index (κ1) is 13.7. The number of nitrogens with one attached hydrogen (secondary N) is 1. The SMILES string of the molecule is CCNCCc1c(C)nc(-c2ccoc2C)nc1C. The lowest BCUT2D eigenvalue weighted by Crippen LogP contribution is -2.17. The average Bonchev–Trinajstić information content (AvgIpc) is 2.79. The Labute approximate surface area is 114 Å². The molecule has 19 heavy (non-hydrogen) atoms. The Morgan fingerprint density at radius 3 is 2.37 bits per heavy atom. The molecule has 0 spiro atoms. The summed E-state index contributed by atoms with van der Waals surface area (Å²) in [5.41, 5.74) is 4.33. The Morgan fingerprint density at radius 1 is 1.16 bits per heavy atom. The minimum absolute atomic E-state index is 0.758. The fraction of sp³-hybridized carbons (Fsp3) is 0.467. The van der Waals surface area contributed by atoms with Crippen molar-refractivity contribution >= 4 is 0 Å². The molecule has 2 rings (SSSR count). The number of aromatic nitrogens is 2. The summed E-state index contributed by atoms with van der Waals surface area (Å²) >= 11 is 0. The van der Waals surface area contributed by atoms with Gasteiger partial charge in [-0.25, -0.2) is 9.97 Å². The van der Waals surface area contributed by atoms with E-state index in [0.717, 1.165) is 48.0 Å². The molecule has 0 aliphatic heterocycles. The number of rotatable bonds is 5. The molecule has 0 fully saturated rings. The zero-order valence-electron chi connectivity index (χ0n) is 12.1. The minimum Gasteiger partial charge on any atom is -0.469 e. The lowest BCUT2D eigenvalue weighted by Gasteiger charge is -2.10. The van der Waals surface area contributed by atoms with Crippen molar-refractivity contribution in [1.29, 1.82) is 0 Å². The quantitative estimate of drug-likeness (QED) is 0.839. The van der Waals surface area contributed by atoms with E-state index < -0.39 is 0 Å². The van der Waals surface area contributed by atoms with Gasteiger partial charge in [0.25, 0.3) is 0 Å². The molecule has 1 N–H and O–H groups in total. The van der Waals surface area contributed by atoms with Crippen LogP contribution in [0.2, 0.25) is 0 Å². The molecule has 102 valence electrons. The highest BCUT2D eigenvalue weighted by molar-refractivity contribution is 5.57. The van der Waals surface area contributed by atoms with E-state index in [9.17, 15) is 0 Å². The van der Waals surface area contributed by atoms with Gasteiger partial charge in [0, 0.05) is 11.4 Å². The topological polar surface area (TPSA) is 51.0 Å². The Hall–Kier alpha value is -1.68. The second-order valence-electron chi connectivity index (χ2n) is 4.69. The molecule has 0 aromatic carbocycles. The normalized spacial score (nSPS) is 10.9. The van der Waals surface area contributed by atoms with Gasteiger partial charge in [-0.15, -0.1) is 0 Å². The van der Waals surface area contributed by atoms with Gasteiger partial charge in [0.15, 0.2) is 5.82 Å². The van der Waals surface area contributed by atoms with E-state index in [1.54, 1.807) is 6.26 Å². The van der Waals surface area contributed by atoms with Crippen molar-refractivity contribution in [2.24, 2.45) is 0 Å². The molecule has 0 atom stereocenters. The maximum Gasteiger partial charge on any atom is 0.163 e. The minimum atomic E-state index is 0.758. The van der Waals surface area contributed by atoms with Gasteiger partial charge in [-0.3, -0.25) is 0 Å². The molecule has 2 heterocycles. The molecule has 0 saturated carbocycles. The fourth-order valence-corrected chi connectivity index (χ4v) is 2.23. The third kappa shape index (κ3) is 3.01. The summed E-state index contributed by atoms with van der Waals surface area (Å²) in [5, 5.41) is 3.33. The summed E-state index contributed by atoms with van der Waals surface area (Å²) in [7, 11) is 0.